The highest BCUT2D eigenvalue weighted by molar-refractivity contribution is 5.69. The van der Waals surface area contributed by atoms with Crippen molar-refractivity contribution in [2.24, 2.45) is 0 Å². The molecule has 7 heteroatoms. The molecule has 0 aliphatic rings. The SMILES string of the molecule is CCOc1nc(Nc2ccc(-c3cnccn3)cc2)cc(N)c1C#N. The average Bonchev–Trinajstić information content (AvgIpc) is 2.63. The number of pyridine rings is 1. The summed E-state index contributed by atoms with van der Waals surface area (Å²) in [7, 11) is 0. The molecule has 0 spiro atoms. The molecule has 2 heterocycles. The van der Waals surface area contributed by atoms with E-state index in [4.69, 9.17) is 15.7 Å². The van der Waals surface area contributed by atoms with Gasteiger partial charge in [-0.1, -0.05) is 12.1 Å². The van der Waals surface area contributed by atoms with Crippen LogP contribution in [0, 0.1) is 11.3 Å². The van der Waals surface area contributed by atoms with E-state index in [0.717, 1.165) is 16.9 Å². The summed E-state index contributed by atoms with van der Waals surface area (Å²) >= 11 is 0. The molecule has 0 radical (unpaired) electrons. The molecule has 0 bridgehead atoms. The van der Waals surface area contributed by atoms with Gasteiger partial charge in [0.2, 0.25) is 5.88 Å². The Hall–Kier alpha value is -3.66. The molecular formula is C18H16N6O. The van der Waals surface area contributed by atoms with Gasteiger partial charge in [-0.25, -0.2) is 0 Å². The van der Waals surface area contributed by atoms with Crippen LogP contribution in [-0.2, 0) is 0 Å². The van der Waals surface area contributed by atoms with Gasteiger partial charge >= 0.3 is 0 Å². The largest absolute Gasteiger partial charge is 0.477 e. The third-order valence-electron chi connectivity index (χ3n) is 3.43. The zero-order valence-corrected chi connectivity index (χ0v) is 13.6. The van der Waals surface area contributed by atoms with Gasteiger partial charge in [0.05, 0.1) is 24.2 Å². The van der Waals surface area contributed by atoms with Gasteiger partial charge in [-0.2, -0.15) is 10.2 Å². The van der Waals surface area contributed by atoms with Gasteiger partial charge < -0.3 is 15.8 Å². The predicted molar refractivity (Wildman–Crippen MR) is 95.3 cm³/mol. The van der Waals surface area contributed by atoms with Crippen molar-refractivity contribution in [1.29, 1.82) is 5.26 Å². The minimum atomic E-state index is 0.226. The van der Waals surface area contributed by atoms with Crippen LogP contribution in [-0.4, -0.2) is 21.6 Å². The van der Waals surface area contributed by atoms with Crippen LogP contribution in [0.25, 0.3) is 11.3 Å². The summed E-state index contributed by atoms with van der Waals surface area (Å²) in [5, 5.41) is 12.3. The van der Waals surface area contributed by atoms with E-state index >= 15 is 0 Å². The second-order valence-electron chi connectivity index (χ2n) is 5.11. The molecule has 3 rings (SSSR count). The molecule has 2 aromatic heterocycles. The van der Waals surface area contributed by atoms with Gasteiger partial charge in [-0.15, -0.1) is 0 Å². The van der Waals surface area contributed by atoms with Crippen LogP contribution in [0.2, 0.25) is 0 Å². The highest BCUT2D eigenvalue weighted by Crippen LogP contribution is 2.27. The molecule has 0 amide bonds. The highest BCUT2D eigenvalue weighted by atomic mass is 16.5. The Balaban J connectivity index is 1.84. The lowest BCUT2D eigenvalue weighted by Gasteiger charge is -2.11. The van der Waals surface area contributed by atoms with Crippen molar-refractivity contribution in [1.82, 2.24) is 15.0 Å². The molecule has 0 atom stereocenters. The molecular weight excluding hydrogens is 316 g/mol. The lowest BCUT2D eigenvalue weighted by molar-refractivity contribution is 0.326. The third kappa shape index (κ3) is 3.64. The smallest absolute Gasteiger partial charge is 0.235 e. The third-order valence-corrected chi connectivity index (χ3v) is 3.43. The van der Waals surface area contributed by atoms with Crippen molar-refractivity contribution >= 4 is 17.2 Å². The molecule has 0 saturated carbocycles. The van der Waals surface area contributed by atoms with Gasteiger partial charge in [-0.3, -0.25) is 9.97 Å². The van der Waals surface area contributed by atoms with E-state index in [2.05, 4.69) is 20.3 Å². The molecule has 25 heavy (non-hydrogen) atoms. The Morgan fingerprint density at radius 3 is 2.68 bits per heavy atom. The maximum Gasteiger partial charge on any atom is 0.235 e. The van der Waals surface area contributed by atoms with Crippen molar-refractivity contribution < 1.29 is 4.74 Å². The first kappa shape index (κ1) is 16.2. The minimum absolute atomic E-state index is 0.226. The second kappa shape index (κ2) is 7.27. The van der Waals surface area contributed by atoms with Gasteiger partial charge in [0.25, 0.3) is 0 Å². The van der Waals surface area contributed by atoms with E-state index in [1.165, 1.54) is 0 Å². The summed E-state index contributed by atoms with van der Waals surface area (Å²) in [5.41, 5.74) is 9.06. The van der Waals surface area contributed by atoms with Gasteiger partial charge in [0.15, 0.2) is 0 Å². The number of hydrogen-bond donors (Lipinski definition) is 2. The standard InChI is InChI=1S/C18H16N6O/c1-2-25-18-14(10-19)15(20)9-17(24-18)23-13-5-3-12(4-6-13)16-11-21-7-8-22-16/h3-9,11H,2H2,1H3,(H3,20,23,24). The molecule has 1 aromatic carbocycles. The van der Waals surface area contributed by atoms with E-state index in [0.29, 0.717) is 18.1 Å². The van der Waals surface area contributed by atoms with Crippen LogP contribution in [0.1, 0.15) is 12.5 Å². The number of aromatic nitrogens is 3. The normalized spacial score (nSPS) is 10.1. The Labute approximate surface area is 145 Å². The fourth-order valence-corrected chi connectivity index (χ4v) is 2.28. The van der Waals surface area contributed by atoms with Crippen molar-refractivity contribution in [3.8, 4) is 23.2 Å². The summed E-state index contributed by atoms with van der Waals surface area (Å²) in [6.07, 6.45) is 5.00. The molecule has 0 aliphatic carbocycles. The summed E-state index contributed by atoms with van der Waals surface area (Å²) in [6, 6.07) is 11.3. The molecule has 0 unspecified atom stereocenters. The maximum atomic E-state index is 9.16. The topological polar surface area (TPSA) is 110 Å². The first-order valence-corrected chi connectivity index (χ1v) is 7.68. The molecule has 0 saturated heterocycles. The van der Waals surface area contributed by atoms with Gasteiger partial charge in [-0.05, 0) is 19.1 Å². The van der Waals surface area contributed by atoms with Crippen molar-refractivity contribution in [2.75, 3.05) is 17.7 Å². The summed E-state index contributed by atoms with van der Waals surface area (Å²) in [4.78, 5) is 12.6. The van der Waals surface area contributed by atoms with Crippen LogP contribution in [0.15, 0.2) is 48.9 Å². The monoisotopic (exact) mass is 332 g/mol. The molecule has 0 aliphatic heterocycles. The Kier molecular flexibility index (Phi) is 4.72. The number of nitrogen functional groups attached to an aromatic ring is 1. The molecule has 3 aromatic rings. The summed E-state index contributed by atoms with van der Waals surface area (Å²) in [6.45, 7) is 2.22. The van der Waals surface area contributed by atoms with Crippen LogP contribution in [0.5, 0.6) is 5.88 Å². The van der Waals surface area contributed by atoms with Crippen molar-refractivity contribution in [3.63, 3.8) is 0 Å². The van der Waals surface area contributed by atoms with Crippen molar-refractivity contribution in [2.45, 2.75) is 6.92 Å². The van der Waals surface area contributed by atoms with E-state index < -0.39 is 0 Å². The van der Waals surface area contributed by atoms with Crippen LogP contribution >= 0.6 is 0 Å². The molecule has 124 valence electrons. The van der Waals surface area contributed by atoms with Gasteiger partial charge in [0, 0.05) is 29.7 Å². The predicted octanol–water partition coefficient (Wildman–Crippen LogP) is 3.13. The Morgan fingerprint density at radius 1 is 1.24 bits per heavy atom. The highest BCUT2D eigenvalue weighted by Gasteiger charge is 2.12. The lowest BCUT2D eigenvalue weighted by atomic mass is 10.1. The van der Waals surface area contributed by atoms with Gasteiger partial charge in [0.1, 0.15) is 17.5 Å². The Morgan fingerprint density at radius 2 is 2.04 bits per heavy atom. The van der Waals surface area contributed by atoms with E-state index in [9.17, 15) is 0 Å². The zero-order chi connectivity index (χ0) is 17.6. The maximum absolute atomic E-state index is 9.16. The fourth-order valence-electron chi connectivity index (χ4n) is 2.28. The first-order chi connectivity index (χ1) is 12.2. The minimum Gasteiger partial charge on any atom is -0.477 e. The van der Waals surface area contributed by atoms with E-state index in [1.807, 2.05) is 37.3 Å². The van der Waals surface area contributed by atoms with E-state index in [-0.39, 0.29) is 11.4 Å². The number of nitrogens with one attached hydrogen (secondary N) is 1. The molecule has 3 N–H and O–H groups in total. The number of benzene rings is 1. The fraction of sp³-hybridized carbons (Fsp3) is 0.111. The quantitative estimate of drug-likeness (QED) is 0.738. The van der Waals surface area contributed by atoms with Crippen LogP contribution in [0.3, 0.4) is 0 Å². The molecule has 0 fully saturated rings. The van der Waals surface area contributed by atoms with Crippen LogP contribution in [0.4, 0.5) is 17.2 Å². The average molecular weight is 332 g/mol. The lowest BCUT2D eigenvalue weighted by Crippen LogP contribution is -2.04. The summed E-state index contributed by atoms with van der Waals surface area (Å²) < 4.78 is 5.40. The van der Waals surface area contributed by atoms with E-state index in [1.54, 1.807) is 24.7 Å². The summed E-state index contributed by atoms with van der Waals surface area (Å²) in [5.74, 6) is 0.732. The number of nitrogens with zero attached hydrogens (tertiary/aromatic N) is 4. The number of rotatable bonds is 5. The van der Waals surface area contributed by atoms with Crippen LogP contribution < -0.4 is 15.8 Å². The first-order valence-electron chi connectivity index (χ1n) is 7.68. The number of anilines is 3. The second-order valence-corrected chi connectivity index (χ2v) is 5.11. The molecule has 7 nitrogen and oxygen atoms in total. The van der Waals surface area contributed by atoms with Crippen molar-refractivity contribution in [3.05, 3.63) is 54.5 Å². The number of nitriles is 1. The Bertz CT molecular complexity index is 903. The number of nitrogens with two attached hydrogens (primary N) is 1. The number of ether oxygens (including phenoxy) is 1. The zero-order valence-electron chi connectivity index (χ0n) is 13.6. The number of hydrogen-bond acceptors (Lipinski definition) is 7.